The number of anilines is 1. The maximum Gasteiger partial charge on any atom is 0.312 e. The predicted molar refractivity (Wildman–Crippen MR) is 145 cm³/mol. The van der Waals surface area contributed by atoms with Gasteiger partial charge in [0.05, 0.1) is 30.8 Å². The third-order valence-corrected chi connectivity index (χ3v) is 9.34. The van der Waals surface area contributed by atoms with Gasteiger partial charge in [-0.3, -0.25) is 14.4 Å². The first kappa shape index (κ1) is 28.6. The van der Waals surface area contributed by atoms with E-state index >= 15 is 0 Å². The fraction of sp³-hybridized carbons (Fsp3) is 0.621. The number of carbonyl (C=O) groups is 3. The molecule has 0 radical (unpaired) electrons. The van der Waals surface area contributed by atoms with Crippen molar-refractivity contribution in [3.8, 4) is 0 Å². The minimum atomic E-state index is -1.23. The van der Waals surface area contributed by atoms with Gasteiger partial charge in [-0.15, -0.1) is 6.58 Å². The third kappa shape index (κ3) is 4.16. The van der Waals surface area contributed by atoms with Crippen LogP contribution in [0.5, 0.6) is 0 Å². The number of halogens is 1. The van der Waals surface area contributed by atoms with Gasteiger partial charge < -0.3 is 24.4 Å². The molecule has 3 aliphatic heterocycles. The van der Waals surface area contributed by atoms with Crippen LogP contribution >= 0.6 is 11.6 Å². The van der Waals surface area contributed by atoms with Gasteiger partial charge in [-0.1, -0.05) is 44.9 Å². The number of rotatable bonds is 10. The highest BCUT2D eigenvalue weighted by Gasteiger charge is 2.81. The van der Waals surface area contributed by atoms with E-state index in [9.17, 15) is 19.5 Å². The van der Waals surface area contributed by atoms with E-state index in [0.717, 1.165) is 0 Å². The van der Waals surface area contributed by atoms with Crippen LogP contribution in [0.15, 0.2) is 36.9 Å². The summed E-state index contributed by atoms with van der Waals surface area (Å²) in [5.74, 6) is -3.10. The summed E-state index contributed by atoms with van der Waals surface area (Å²) in [6.45, 7) is 13.4. The summed E-state index contributed by atoms with van der Waals surface area (Å²) in [5, 5.41) is 11.0. The Bertz CT molecular complexity index is 1100. The number of esters is 1. The van der Waals surface area contributed by atoms with Crippen molar-refractivity contribution in [2.45, 2.75) is 70.7 Å². The number of amides is 2. The average molecular weight is 547 g/mol. The molecule has 1 spiro atoms. The van der Waals surface area contributed by atoms with E-state index in [-0.39, 0.29) is 43.4 Å². The predicted octanol–water partition coefficient (Wildman–Crippen LogP) is 3.84. The first-order chi connectivity index (χ1) is 18.0. The summed E-state index contributed by atoms with van der Waals surface area (Å²) in [6.07, 6.45) is 2.75. The first-order valence-corrected chi connectivity index (χ1v) is 13.9. The van der Waals surface area contributed by atoms with Gasteiger partial charge in [0.15, 0.2) is 0 Å². The maximum atomic E-state index is 14.6. The number of hydrogen-bond acceptors (Lipinski definition) is 6. The van der Waals surface area contributed by atoms with Gasteiger partial charge in [-0.2, -0.15) is 0 Å². The quantitative estimate of drug-likeness (QED) is 0.354. The second kappa shape index (κ2) is 10.6. The van der Waals surface area contributed by atoms with E-state index in [0.29, 0.717) is 23.6 Å². The lowest BCUT2D eigenvalue weighted by Gasteiger charge is -2.41. The van der Waals surface area contributed by atoms with Gasteiger partial charge in [0.2, 0.25) is 5.91 Å². The van der Waals surface area contributed by atoms with Crippen LogP contribution in [-0.4, -0.2) is 70.8 Å². The van der Waals surface area contributed by atoms with E-state index < -0.39 is 41.1 Å². The van der Waals surface area contributed by atoms with Crippen molar-refractivity contribution in [3.63, 3.8) is 0 Å². The van der Waals surface area contributed by atoms with Crippen molar-refractivity contribution < 1.29 is 29.0 Å². The number of fused-ring (bicyclic) bond motifs is 1. The van der Waals surface area contributed by atoms with Gasteiger partial charge in [0.1, 0.15) is 17.6 Å². The topological polar surface area (TPSA) is 96.4 Å². The van der Waals surface area contributed by atoms with Crippen LogP contribution in [-0.2, 0) is 23.9 Å². The van der Waals surface area contributed by atoms with E-state index in [1.165, 1.54) is 4.90 Å². The lowest BCUT2D eigenvalue weighted by Crippen LogP contribution is -2.60. The number of hydrogen-bond donors (Lipinski definition) is 1. The Kier molecular flexibility index (Phi) is 7.99. The van der Waals surface area contributed by atoms with Gasteiger partial charge in [-0.25, -0.2) is 0 Å². The van der Waals surface area contributed by atoms with Gasteiger partial charge in [0, 0.05) is 17.3 Å². The molecule has 9 heteroatoms. The standard InChI is InChI=1S/C29H39ClN2O6/c1-7-14-31(20-12-10-19(30)11-13-20)26(35)24-29-15-18(5)28(6,38-29)23(27(36)37-9-3)22(29)25(34)32(24)21(16-33)17(4)8-2/h7,10-13,17-18,21-24,33H,1,8-9,14-16H2,2-6H3/t17-,18?,21-,22-,23-,24?,28+,29?/m0/s1. The van der Waals surface area contributed by atoms with Crippen molar-refractivity contribution in [1.29, 1.82) is 0 Å². The molecule has 0 saturated carbocycles. The van der Waals surface area contributed by atoms with E-state index in [1.54, 1.807) is 42.2 Å². The molecule has 3 fully saturated rings. The molecule has 2 amide bonds. The molecule has 2 bridgehead atoms. The number of aliphatic hydroxyl groups is 1. The molecular weight excluding hydrogens is 508 g/mol. The summed E-state index contributed by atoms with van der Waals surface area (Å²) < 4.78 is 12.2. The molecule has 0 aromatic heterocycles. The van der Waals surface area contributed by atoms with Crippen LogP contribution in [0.2, 0.25) is 5.02 Å². The molecule has 0 aliphatic carbocycles. The number of nitrogens with zero attached hydrogens (tertiary/aromatic N) is 2. The van der Waals surface area contributed by atoms with Crippen molar-refractivity contribution >= 4 is 35.1 Å². The normalized spacial score (nSPS) is 33.1. The van der Waals surface area contributed by atoms with Crippen LogP contribution < -0.4 is 4.90 Å². The van der Waals surface area contributed by atoms with E-state index in [2.05, 4.69) is 6.58 Å². The Labute approximate surface area is 229 Å². The monoisotopic (exact) mass is 546 g/mol. The fourth-order valence-corrected chi connectivity index (χ4v) is 7.06. The molecular formula is C29H39ClN2O6. The smallest absolute Gasteiger partial charge is 0.312 e. The Morgan fingerprint density at radius 3 is 2.55 bits per heavy atom. The van der Waals surface area contributed by atoms with Crippen LogP contribution in [0, 0.1) is 23.7 Å². The second-order valence-electron chi connectivity index (χ2n) is 11.1. The minimum Gasteiger partial charge on any atom is -0.466 e. The molecule has 1 aromatic carbocycles. The van der Waals surface area contributed by atoms with Crippen molar-refractivity contribution in [2.24, 2.45) is 23.7 Å². The van der Waals surface area contributed by atoms with Crippen molar-refractivity contribution in [2.75, 3.05) is 24.7 Å². The Morgan fingerprint density at radius 2 is 2.00 bits per heavy atom. The summed E-state index contributed by atoms with van der Waals surface area (Å²) in [7, 11) is 0. The molecule has 208 valence electrons. The SMILES string of the molecule is C=CCN(C(=O)C1N([C@@H](CO)[C@@H](C)CC)C(=O)[C@@H]2[C@@H](C(=O)OCC)[C@]3(C)OC12CC3C)c1ccc(Cl)cc1. The Hall–Kier alpha value is -2.42. The Morgan fingerprint density at radius 1 is 1.34 bits per heavy atom. The molecule has 38 heavy (non-hydrogen) atoms. The summed E-state index contributed by atoms with van der Waals surface area (Å²) >= 11 is 6.11. The van der Waals surface area contributed by atoms with Gasteiger partial charge in [-0.05, 0) is 56.4 Å². The van der Waals surface area contributed by atoms with Gasteiger partial charge in [0.25, 0.3) is 5.91 Å². The maximum absolute atomic E-state index is 14.6. The molecule has 4 rings (SSSR count). The molecule has 3 unspecified atom stereocenters. The molecule has 1 N–H and O–H groups in total. The summed E-state index contributed by atoms with van der Waals surface area (Å²) in [5.41, 5.74) is -1.58. The number of ether oxygens (including phenoxy) is 2. The van der Waals surface area contributed by atoms with Crippen molar-refractivity contribution in [1.82, 2.24) is 4.90 Å². The zero-order valence-corrected chi connectivity index (χ0v) is 23.6. The van der Waals surface area contributed by atoms with Crippen LogP contribution in [0.3, 0.4) is 0 Å². The minimum absolute atomic E-state index is 0.0934. The molecule has 3 aliphatic rings. The fourth-order valence-electron chi connectivity index (χ4n) is 6.94. The van der Waals surface area contributed by atoms with E-state index in [4.69, 9.17) is 21.1 Å². The molecule has 3 saturated heterocycles. The lowest BCUT2D eigenvalue weighted by molar-refractivity contribution is -0.162. The molecule has 1 aromatic rings. The third-order valence-electron chi connectivity index (χ3n) is 9.09. The highest BCUT2D eigenvalue weighted by atomic mass is 35.5. The first-order valence-electron chi connectivity index (χ1n) is 13.5. The number of likely N-dealkylation sites (tertiary alicyclic amines) is 1. The van der Waals surface area contributed by atoms with Crippen LogP contribution in [0.25, 0.3) is 0 Å². The number of aliphatic hydroxyl groups excluding tert-OH is 1. The number of carbonyl (C=O) groups excluding carboxylic acids is 3. The van der Waals surface area contributed by atoms with Crippen LogP contribution in [0.1, 0.15) is 47.5 Å². The number of benzene rings is 1. The lowest BCUT2D eigenvalue weighted by atomic mass is 9.62. The zero-order chi connectivity index (χ0) is 28.0. The molecule has 8 nitrogen and oxygen atoms in total. The second-order valence-corrected chi connectivity index (χ2v) is 11.5. The highest BCUT2D eigenvalue weighted by Crippen LogP contribution is 2.66. The van der Waals surface area contributed by atoms with Crippen LogP contribution in [0.4, 0.5) is 5.69 Å². The zero-order valence-electron chi connectivity index (χ0n) is 22.9. The van der Waals surface area contributed by atoms with Gasteiger partial charge >= 0.3 is 5.97 Å². The largest absolute Gasteiger partial charge is 0.466 e. The summed E-state index contributed by atoms with van der Waals surface area (Å²) in [6, 6.07) is 5.24. The molecule has 3 heterocycles. The summed E-state index contributed by atoms with van der Waals surface area (Å²) in [4.78, 5) is 45.4. The highest BCUT2D eigenvalue weighted by molar-refractivity contribution is 6.30. The van der Waals surface area contributed by atoms with Crippen molar-refractivity contribution in [3.05, 3.63) is 41.9 Å². The Balaban J connectivity index is 1.89. The van der Waals surface area contributed by atoms with E-state index in [1.807, 2.05) is 27.7 Å². The average Bonchev–Trinajstić information content (AvgIpc) is 3.40. The molecule has 8 atom stereocenters.